The summed E-state index contributed by atoms with van der Waals surface area (Å²) in [5.41, 5.74) is 2.41. The third kappa shape index (κ3) is 4.63. The topological polar surface area (TPSA) is 30.5 Å². The molecule has 2 aromatic carbocycles. The van der Waals surface area contributed by atoms with Crippen LogP contribution in [0.3, 0.4) is 0 Å². The van der Waals surface area contributed by atoms with Crippen LogP contribution in [0.1, 0.15) is 11.1 Å². The Morgan fingerprint density at radius 2 is 1.77 bits per heavy atom. The molecule has 118 valence electrons. The second-order valence-corrected chi connectivity index (χ2v) is 6.16. The molecule has 0 aliphatic carbocycles. The highest BCUT2D eigenvalue weighted by atomic mass is 79.9. The minimum absolute atomic E-state index is 0.715. The number of nitrogens with one attached hydrogen (secondary N) is 1. The molecule has 0 atom stereocenters. The molecule has 0 aliphatic heterocycles. The van der Waals surface area contributed by atoms with Gasteiger partial charge in [0.25, 0.3) is 0 Å². The molecule has 0 heterocycles. The second kappa shape index (κ2) is 8.42. The van der Waals surface area contributed by atoms with E-state index in [9.17, 15) is 0 Å². The average molecular weight is 385 g/mol. The van der Waals surface area contributed by atoms with E-state index in [1.165, 1.54) is 5.56 Å². The molecular weight excluding hydrogens is 366 g/mol. The molecule has 0 amide bonds. The normalized spacial score (nSPS) is 10.5. The molecule has 2 aromatic rings. The van der Waals surface area contributed by atoms with Crippen molar-refractivity contribution in [3.8, 4) is 11.5 Å². The molecule has 0 spiro atoms. The first-order chi connectivity index (χ1) is 10.6. The van der Waals surface area contributed by atoms with E-state index < -0.39 is 0 Å². The molecule has 0 unspecified atom stereocenters. The molecule has 2 rings (SSSR count). The summed E-state index contributed by atoms with van der Waals surface area (Å²) in [6, 6.07) is 12.0. The first kappa shape index (κ1) is 17.1. The van der Waals surface area contributed by atoms with Crippen LogP contribution in [-0.2, 0) is 13.0 Å². The van der Waals surface area contributed by atoms with Crippen molar-refractivity contribution in [1.82, 2.24) is 5.32 Å². The van der Waals surface area contributed by atoms with Gasteiger partial charge in [0, 0.05) is 11.6 Å². The molecule has 0 radical (unpaired) electrons. The molecule has 0 saturated carbocycles. The van der Waals surface area contributed by atoms with Gasteiger partial charge in [-0.3, -0.25) is 0 Å². The van der Waals surface area contributed by atoms with Crippen LogP contribution in [0.2, 0.25) is 5.02 Å². The number of benzene rings is 2. The number of hydrogen-bond acceptors (Lipinski definition) is 3. The quantitative estimate of drug-likeness (QED) is 0.715. The lowest BCUT2D eigenvalue weighted by Gasteiger charge is -2.12. The Morgan fingerprint density at radius 3 is 2.41 bits per heavy atom. The van der Waals surface area contributed by atoms with Crippen LogP contribution in [0.5, 0.6) is 11.5 Å². The van der Waals surface area contributed by atoms with E-state index in [1.807, 2.05) is 24.3 Å². The van der Waals surface area contributed by atoms with E-state index in [0.29, 0.717) is 5.75 Å². The first-order valence-corrected chi connectivity index (χ1v) is 8.16. The van der Waals surface area contributed by atoms with Gasteiger partial charge in [-0.1, -0.05) is 23.7 Å². The average Bonchev–Trinajstić information content (AvgIpc) is 2.52. The summed E-state index contributed by atoms with van der Waals surface area (Å²) < 4.78 is 11.6. The van der Waals surface area contributed by atoms with Crippen LogP contribution in [0, 0.1) is 0 Å². The number of hydrogen-bond donors (Lipinski definition) is 1. The van der Waals surface area contributed by atoms with Crippen LogP contribution in [0.15, 0.2) is 40.9 Å². The third-order valence-corrected chi connectivity index (χ3v) is 4.17. The number of rotatable bonds is 7. The van der Waals surface area contributed by atoms with E-state index in [1.54, 1.807) is 14.2 Å². The van der Waals surface area contributed by atoms with Gasteiger partial charge in [-0.2, -0.15) is 0 Å². The van der Waals surface area contributed by atoms with Crippen molar-refractivity contribution in [3.63, 3.8) is 0 Å². The van der Waals surface area contributed by atoms with Crippen molar-refractivity contribution in [1.29, 1.82) is 0 Å². The second-order valence-electron chi connectivity index (χ2n) is 4.87. The standard InChI is InChI=1S/C17H19BrClNO2/c1-21-16-10-13(9-15(18)17(16)22-2)11-20-8-7-12-3-5-14(19)6-4-12/h3-6,9-10,20H,7-8,11H2,1-2H3. The highest BCUT2D eigenvalue weighted by Gasteiger charge is 2.10. The molecule has 5 heteroatoms. The van der Waals surface area contributed by atoms with Crippen LogP contribution in [0.4, 0.5) is 0 Å². The first-order valence-electron chi connectivity index (χ1n) is 6.99. The zero-order chi connectivity index (χ0) is 15.9. The van der Waals surface area contributed by atoms with Gasteiger partial charge in [-0.15, -0.1) is 0 Å². The van der Waals surface area contributed by atoms with E-state index in [2.05, 4.69) is 33.4 Å². The summed E-state index contributed by atoms with van der Waals surface area (Å²) in [7, 11) is 3.27. The fraction of sp³-hybridized carbons (Fsp3) is 0.294. The van der Waals surface area contributed by atoms with E-state index in [4.69, 9.17) is 21.1 Å². The summed E-state index contributed by atoms with van der Waals surface area (Å²) >= 11 is 9.39. The fourth-order valence-electron chi connectivity index (χ4n) is 2.19. The maximum atomic E-state index is 5.88. The van der Waals surface area contributed by atoms with Crippen molar-refractivity contribution in [2.24, 2.45) is 0 Å². The van der Waals surface area contributed by atoms with E-state index in [0.717, 1.165) is 40.3 Å². The minimum atomic E-state index is 0.715. The lowest BCUT2D eigenvalue weighted by Crippen LogP contribution is -2.16. The highest BCUT2D eigenvalue weighted by molar-refractivity contribution is 9.10. The van der Waals surface area contributed by atoms with Crippen molar-refractivity contribution >= 4 is 27.5 Å². The maximum Gasteiger partial charge on any atom is 0.174 e. The van der Waals surface area contributed by atoms with Crippen LogP contribution in [0.25, 0.3) is 0 Å². The predicted octanol–water partition coefficient (Wildman–Crippen LogP) is 4.45. The summed E-state index contributed by atoms with van der Waals surface area (Å²) in [4.78, 5) is 0. The molecule has 0 aromatic heterocycles. The molecular formula is C17H19BrClNO2. The molecule has 0 bridgehead atoms. The summed E-state index contributed by atoms with van der Waals surface area (Å²) in [5.74, 6) is 1.44. The van der Waals surface area contributed by atoms with Crippen molar-refractivity contribution < 1.29 is 9.47 Å². The van der Waals surface area contributed by atoms with Crippen LogP contribution >= 0.6 is 27.5 Å². The minimum Gasteiger partial charge on any atom is -0.493 e. The molecule has 22 heavy (non-hydrogen) atoms. The lowest BCUT2D eigenvalue weighted by atomic mass is 10.1. The Bertz CT molecular complexity index is 617. The van der Waals surface area contributed by atoms with Crippen molar-refractivity contribution in [3.05, 3.63) is 57.0 Å². The monoisotopic (exact) mass is 383 g/mol. The maximum absolute atomic E-state index is 5.88. The van der Waals surface area contributed by atoms with Crippen LogP contribution < -0.4 is 14.8 Å². The SMILES string of the molecule is COc1cc(CNCCc2ccc(Cl)cc2)cc(Br)c1OC. The Kier molecular flexibility index (Phi) is 6.55. The summed E-state index contributed by atoms with van der Waals surface area (Å²) in [6.45, 7) is 1.67. The Morgan fingerprint density at radius 1 is 1.05 bits per heavy atom. The van der Waals surface area contributed by atoms with Gasteiger partial charge in [0.05, 0.1) is 18.7 Å². The van der Waals surface area contributed by atoms with Crippen LogP contribution in [-0.4, -0.2) is 20.8 Å². The zero-order valence-electron chi connectivity index (χ0n) is 12.7. The number of ether oxygens (including phenoxy) is 2. The predicted molar refractivity (Wildman–Crippen MR) is 94.1 cm³/mol. The number of halogens is 2. The molecule has 0 fully saturated rings. The summed E-state index contributed by atoms with van der Waals surface area (Å²) in [5, 5.41) is 4.20. The van der Waals surface area contributed by atoms with Crippen molar-refractivity contribution in [2.75, 3.05) is 20.8 Å². The van der Waals surface area contributed by atoms with Gasteiger partial charge in [0.2, 0.25) is 0 Å². The van der Waals surface area contributed by atoms with Gasteiger partial charge < -0.3 is 14.8 Å². The molecule has 0 aliphatic rings. The Balaban J connectivity index is 1.89. The van der Waals surface area contributed by atoms with E-state index in [-0.39, 0.29) is 0 Å². The zero-order valence-corrected chi connectivity index (χ0v) is 15.0. The van der Waals surface area contributed by atoms with Crippen molar-refractivity contribution in [2.45, 2.75) is 13.0 Å². The fourth-order valence-corrected chi connectivity index (χ4v) is 2.97. The molecule has 3 nitrogen and oxygen atoms in total. The molecule has 1 N–H and O–H groups in total. The Labute approximate surface area is 144 Å². The van der Waals surface area contributed by atoms with Gasteiger partial charge in [0.1, 0.15) is 0 Å². The van der Waals surface area contributed by atoms with Gasteiger partial charge >= 0.3 is 0 Å². The van der Waals surface area contributed by atoms with Gasteiger partial charge in [-0.25, -0.2) is 0 Å². The molecule has 0 saturated heterocycles. The largest absolute Gasteiger partial charge is 0.493 e. The smallest absolute Gasteiger partial charge is 0.174 e. The number of methoxy groups -OCH3 is 2. The highest BCUT2D eigenvalue weighted by Crippen LogP contribution is 2.36. The summed E-state index contributed by atoms with van der Waals surface area (Å²) in [6.07, 6.45) is 0.964. The Hall–Kier alpha value is -1.23. The van der Waals surface area contributed by atoms with Gasteiger partial charge in [-0.05, 0) is 64.3 Å². The third-order valence-electron chi connectivity index (χ3n) is 3.33. The lowest BCUT2D eigenvalue weighted by molar-refractivity contribution is 0.352. The van der Waals surface area contributed by atoms with E-state index >= 15 is 0 Å². The van der Waals surface area contributed by atoms with Gasteiger partial charge in [0.15, 0.2) is 11.5 Å².